The van der Waals surface area contributed by atoms with Crippen LogP contribution in [0.25, 0.3) is 0 Å². The fourth-order valence-corrected chi connectivity index (χ4v) is 2.51. The Kier molecular flexibility index (Phi) is 3.79. The number of aryl methyl sites for hydroxylation is 1. The van der Waals surface area contributed by atoms with E-state index in [4.69, 9.17) is 0 Å². The van der Waals surface area contributed by atoms with Crippen LogP contribution in [0, 0.1) is 0 Å². The van der Waals surface area contributed by atoms with Crippen LogP contribution in [0.5, 0.6) is 0 Å². The molecule has 0 saturated heterocycles. The highest BCUT2D eigenvalue weighted by molar-refractivity contribution is 5.95. The largest absolute Gasteiger partial charge is 0.318 e. The Labute approximate surface area is 103 Å². The zero-order chi connectivity index (χ0) is 12.3. The molecule has 17 heavy (non-hydrogen) atoms. The lowest BCUT2D eigenvalue weighted by molar-refractivity contribution is -0.119. The van der Waals surface area contributed by atoms with Gasteiger partial charge in [0.05, 0.1) is 0 Å². The van der Waals surface area contributed by atoms with E-state index in [2.05, 4.69) is 30.4 Å². The van der Waals surface area contributed by atoms with Gasteiger partial charge in [-0.3, -0.25) is 4.79 Å². The molecule has 92 valence electrons. The summed E-state index contributed by atoms with van der Waals surface area (Å²) in [4.78, 5) is 14.1. The van der Waals surface area contributed by atoms with Gasteiger partial charge in [-0.2, -0.15) is 0 Å². The van der Waals surface area contributed by atoms with E-state index in [1.807, 2.05) is 18.0 Å². The molecule has 0 aromatic heterocycles. The van der Waals surface area contributed by atoms with Gasteiger partial charge in [0.15, 0.2) is 0 Å². The number of rotatable bonds is 3. The molecule has 3 nitrogen and oxygen atoms in total. The lowest BCUT2D eigenvalue weighted by Gasteiger charge is -2.29. The average molecular weight is 232 g/mol. The van der Waals surface area contributed by atoms with Crippen LogP contribution >= 0.6 is 0 Å². The van der Waals surface area contributed by atoms with Gasteiger partial charge in [-0.15, -0.1) is 0 Å². The Morgan fingerprint density at radius 3 is 2.88 bits per heavy atom. The smallest absolute Gasteiger partial charge is 0.227 e. The van der Waals surface area contributed by atoms with Gasteiger partial charge in [0.25, 0.3) is 0 Å². The SMILES string of the molecule is CNCC(C)N1C(=O)CCCc2ccccc21. The minimum absolute atomic E-state index is 0.201. The van der Waals surface area contributed by atoms with E-state index in [9.17, 15) is 4.79 Å². The third-order valence-corrected chi connectivity index (χ3v) is 3.30. The number of hydrogen-bond donors (Lipinski definition) is 1. The van der Waals surface area contributed by atoms with Crippen LogP contribution in [0.3, 0.4) is 0 Å². The molecule has 3 heteroatoms. The van der Waals surface area contributed by atoms with Gasteiger partial charge < -0.3 is 10.2 Å². The molecular formula is C14H20N2O. The first-order chi connectivity index (χ1) is 8.24. The van der Waals surface area contributed by atoms with Crippen molar-refractivity contribution in [3.05, 3.63) is 29.8 Å². The molecular weight excluding hydrogens is 212 g/mol. The van der Waals surface area contributed by atoms with E-state index in [-0.39, 0.29) is 11.9 Å². The molecule has 1 heterocycles. The van der Waals surface area contributed by atoms with Crippen molar-refractivity contribution >= 4 is 11.6 Å². The number of para-hydroxylation sites is 1. The molecule has 1 atom stereocenters. The predicted molar refractivity (Wildman–Crippen MR) is 70.3 cm³/mol. The number of anilines is 1. The number of carbonyl (C=O) groups excluding carboxylic acids is 1. The van der Waals surface area contributed by atoms with Gasteiger partial charge in [-0.1, -0.05) is 18.2 Å². The number of likely N-dealkylation sites (N-methyl/N-ethyl adjacent to an activating group) is 1. The highest BCUT2D eigenvalue weighted by atomic mass is 16.2. The molecule has 1 N–H and O–H groups in total. The lowest BCUT2D eigenvalue weighted by Crippen LogP contribution is -2.43. The average Bonchev–Trinajstić information content (AvgIpc) is 2.47. The third kappa shape index (κ3) is 2.50. The fourth-order valence-electron chi connectivity index (χ4n) is 2.51. The number of fused-ring (bicyclic) bond motifs is 1. The second-order valence-corrected chi connectivity index (χ2v) is 4.65. The molecule has 2 rings (SSSR count). The van der Waals surface area contributed by atoms with Gasteiger partial charge >= 0.3 is 0 Å². The van der Waals surface area contributed by atoms with Crippen molar-refractivity contribution in [1.82, 2.24) is 5.32 Å². The van der Waals surface area contributed by atoms with Crippen LogP contribution in [-0.2, 0) is 11.2 Å². The van der Waals surface area contributed by atoms with Crippen molar-refractivity contribution in [2.24, 2.45) is 0 Å². The zero-order valence-electron chi connectivity index (χ0n) is 10.6. The molecule has 0 spiro atoms. The second-order valence-electron chi connectivity index (χ2n) is 4.65. The lowest BCUT2D eigenvalue weighted by atomic mass is 10.1. The van der Waals surface area contributed by atoms with Crippen LogP contribution < -0.4 is 10.2 Å². The molecule has 1 amide bonds. The van der Waals surface area contributed by atoms with E-state index in [1.165, 1.54) is 5.56 Å². The fraction of sp³-hybridized carbons (Fsp3) is 0.500. The summed E-state index contributed by atoms with van der Waals surface area (Å²) in [6.07, 6.45) is 2.62. The number of nitrogens with one attached hydrogen (secondary N) is 1. The zero-order valence-corrected chi connectivity index (χ0v) is 10.6. The third-order valence-electron chi connectivity index (χ3n) is 3.30. The minimum Gasteiger partial charge on any atom is -0.318 e. The first-order valence-corrected chi connectivity index (χ1v) is 6.28. The van der Waals surface area contributed by atoms with Crippen molar-refractivity contribution < 1.29 is 4.79 Å². The first kappa shape index (κ1) is 12.1. The Hall–Kier alpha value is -1.35. The van der Waals surface area contributed by atoms with E-state index in [0.29, 0.717) is 6.42 Å². The minimum atomic E-state index is 0.201. The van der Waals surface area contributed by atoms with Crippen molar-refractivity contribution in [3.8, 4) is 0 Å². The summed E-state index contributed by atoms with van der Waals surface area (Å²) in [5.74, 6) is 0.248. The van der Waals surface area contributed by atoms with E-state index in [0.717, 1.165) is 25.1 Å². The predicted octanol–water partition coefficient (Wildman–Crippen LogP) is 1.96. The van der Waals surface area contributed by atoms with Crippen molar-refractivity contribution in [2.75, 3.05) is 18.5 Å². The van der Waals surface area contributed by atoms with Gasteiger partial charge in [0, 0.05) is 24.7 Å². The molecule has 0 saturated carbocycles. The van der Waals surface area contributed by atoms with Crippen molar-refractivity contribution in [3.63, 3.8) is 0 Å². The Balaban J connectivity index is 2.36. The van der Waals surface area contributed by atoms with Gasteiger partial charge in [0.2, 0.25) is 5.91 Å². The number of nitrogens with zero attached hydrogens (tertiary/aromatic N) is 1. The molecule has 0 bridgehead atoms. The molecule has 1 unspecified atom stereocenters. The summed E-state index contributed by atoms with van der Waals surface area (Å²) in [6, 6.07) is 8.45. The van der Waals surface area contributed by atoms with Crippen LogP contribution in [0.15, 0.2) is 24.3 Å². The quantitative estimate of drug-likeness (QED) is 0.864. The first-order valence-electron chi connectivity index (χ1n) is 6.28. The Morgan fingerprint density at radius 1 is 1.35 bits per heavy atom. The monoisotopic (exact) mass is 232 g/mol. The molecule has 1 aromatic rings. The second kappa shape index (κ2) is 5.32. The van der Waals surface area contributed by atoms with Crippen LogP contribution in [0.1, 0.15) is 25.3 Å². The van der Waals surface area contributed by atoms with Gasteiger partial charge in [-0.25, -0.2) is 0 Å². The van der Waals surface area contributed by atoms with Crippen molar-refractivity contribution in [1.29, 1.82) is 0 Å². The molecule has 1 aliphatic heterocycles. The van der Waals surface area contributed by atoms with Crippen LogP contribution in [-0.4, -0.2) is 25.5 Å². The highest BCUT2D eigenvalue weighted by Gasteiger charge is 2.25. The Bertz CT molecular complexity index is 403. The number of carbonyl (C=O) groups is 1. The maximum absolute atomic E-state index is 12.2. The maximum Gasteiger partial charge on any atom is 0.227 e. The normalized spacial score (nSPS) is 17.5. The topological polar surface area (TPSA) is 32.3 Å². The molecule has 1 aliphatic rings. The summed E-state index contributed by atoms with van der Waals surface area (Å²) in [6.45, 7) is 2.91. The van der Waals surface area contributed by atoms with Crippen molar-refractivity contribution in [2.45, 2.75) is 32.2 Å². The molecule has 0 radical (unpaired) electrons. The van der Waals surface area contributed by atoms with E-state index in [1.54, 1.807) is 0 Å². The van der Waals surface area contributed by atoms with E-state index >= 15 is 0 Å². The summed E-state index contributed by atoms with van der Waals surface area (Å²) in [5.41, 5.74) is 2.39. The number of hydrogen-bond acceptors (Lipinski definition) is 2. The molecule has 1 aromatic carbocycles. The highest BCUT2D eigenvalue weighted by Crippen LogP contribution is 2.28. The molecule has 0 fully saturated rings. The maximum atomic E-state index is 12.2. The summed E-state index contributed by atoms with van der Waals surface area (Å²) < 4.78 is 0. The summed E-state index contributed by atoms with van der Waals surface area (Å²) in [5, 5.41) is 3.14. The van der Waals surface area contributed by atoms with Crippen LogP contribution in [0.2, 0.25) is 0 Å². The number of benzene rings is 1. The van der Waals surface area contributed by atoms with Gasteiger partial charge in [-0.05, 0) is 38.4 Å². The van der Waals surface area contributed by atoms with Crippen LogP contribution in [0.4, 0.5) is 5.69 Å². The standard InChI is InChI=1S/C14H20N2O/c1-11(10-15-2)16-13-8-4-3-6-12(13)7-5-9-14(16)17/h3-4,6,8,11,15H,5,7,9-10H2,1-2H3. The van der Waals surface area contributed by atoms with Gasteiger partial charge in [0.1, 0.15) is 0 Å². The van der Waals surface area contributed by atoms with E-state index < -0.39 is 0 Å². The Morgan fingerprint density at radius 2 is 2.12 bits per heavy atom. The molecule has 0 aliphatic carbocycles. The summed E-state index contributed by atoms with van der Waals surface area (Å²) in [7, 11) is 1.92. The number of amides is 1. The summed E-state index contributed by atoms with van der Waals surface area (Å²) >= 11 is 0.